The normalized spacial score (nSPS) is 24.9. The molecule has 3 atom stereocenters. The van der Waals surface area contributed by atoms with Gasteiger partial charge in [-0.15, -0.1) is 0 Å². The van der Waals surface area contributed by atoms with Crippen molar-refractivity contribution in [1.29, 1.82) is 0 Å². The van der Waals surface area contributed by atoms with Crippen LogP contribution in [0, 0.1) is 0 Å². The average molecular weight is 328 g/mol. The van der Waals surface area contributed by atoms with Crippen molar-refractivity contribution in [3.05, 3.63) is 29.8 Å². The first-order chi connectivity index (χ1) is 9.13. The predicted octanol–water partition coefficient (Wildman–Crippen LogP) is 1.82. The van der Waals surface area contributed by atoms with Crippen LogP contribution in [0.1, 0.15) is 24.9 Å². The van der Waals surface area contributed by atoms with Crippen molar-refractivity contribution < 1.29 is 9.47 Å². The molecule has 3 nitrogen and oxygen atoms in total. The van der Waals surface area contributed by atoms with E-state index in [1.165, 1.54) is 10.0 Å². The van der Waals surface area contributed by atoms with Crippen molar-refractivity contribution in [2.75, 3.05) is 27.8 Å². The summed E-state index contributed by atoms with van der Waals surface area (Å²) in [5.74, 6) is 0. The van der Waals surface area contributed by atoms with Crippen LogP contribution in [0.25, 0.3) is 0 Å². The summed E-state index contributed by atoms with van der Waals surface area (Å²) in [5.41, 5.74) is 1.44. The third kappa shape index (κ3) is 3.59. The predicted molar refractivity (Wildman–Crippen MR) is 79.0 cm³/mol. The molecule has 2 rings (SSSR count). The Bertz CT molecular complexity index is 411. The second-order valence-electron chi connectivity index (χ2n) is 5.10. The summed E-state index contributed by atoms with van der Waals surface area (Å²) in [6.07, 6.45) is 1.10. The minimum absolute atomic E-state index is 0.0114. The number of methoxy groups -OCH3 is 1. The fourth-order valence-electron chi connectivity index (χ4n) is 2.25. The number of hydrogen-bond donors (Lipinski definition) is 0. The molecule has 1 aliphatic heterocycles. The quantitative estimate of drug-likeness (QED) is 0.770. The molecule has 0 aliphatic carbocycles. The van der Waals surface area contributed by atoms with Gasteiger partial charge in [0.05, 0.1) is 0 Å². The zero-order valence-electron chi connectivity index (χ0n) is 12.1. The first-order valence-corrected chi connectivity index (χ1v) is 8.54. The van der Waals surface area contributed by atoms with Crippen molar-refractivity contribution in [1.82, 2.24) is 4.90 Å². The molecular formula is C15H23NO2Se. The van der Waals surface area contributed by atoms with E-state index in [-0.39, 0.29) is 6.29 Å². The molecule has 1 aliphatic rings. The zero-order valence-corrected chi connectivity index (χ0v) is 13.8. The summed E-state index contributed by atoms with van der Waals surface area (Å²) < 4.78 is 12.5. The second-order valence-corrected chi connectivity index (χ2v) is 7.78. The number of nitrogens with zero attached hydrogens (tertiary/aromatic N) is 1. The Hall–Kier alpha value is -0.381. The number of rotatable bonds is 5. The Morgan fingerprint density at radius 3 is 2.79 bits per heavy atom. The Balaban J connectivity index is 2.16. The summed E-state index contributed by atoms with van der Waals surface area (Å²) in [6.45, 7) is 3.09. The van der Waals surface area contributed by atoms with Crippen LogP contribution < -0.4 is 4.46 Å². The van der Waals surface area contributed by atoms with Gasteiger partial charge in [-0.05, 0) is 0 Å². The van der Waals surface area contributed by atoms with E-state index in [0.29, 0.717) is 25.8 Å². The van der Waals surface area contributed by atoms with Gasteiger partial charge in [0.2, 0.25) is 0 Å². The molecule has 0 amide bonds. The Morgan fingerprint density at radius 2 is 2.11 bits per heavy atom. The van der Waals surface area contributed by atoms with E-state index in [1.807, 2.05) is 0 Å². The second kappa shape index (κ2) is 6.87. The molecule has 0 aromatic heterocycles. The Morgan fingerprint density at radius 1 is 1.37 bits per heavy atom. The van der Waals surface area contributed by atoms with Gasteiger partial charge in [-0.25, -0.2) is 0 Å². The van der Waals surface area contributed by atoms with Gasteiger partial charge in [0.1, 0.15) is 0 Å². The molecule has 1 fully saturated rings. The van der Waals surface area contributed by atoms with Gasteiger partial charge in [0.15, 0.2) is 0 Å². The number of ether oxygens (including phenoxy) is 2. The monoisotopic (exact) mass is 329 g/mol. The molecule has 1 saturated heterocycles. The van der Waals surface area contributed by atoms with E-state index >= 15 is 0 Å². The van der Waals surface area contributed by atoms with Gasteiger partial charge >= 0.3 is 122 Å². The number of hydrogen-bond acceptors (Lipinski definition) is 3. The summed E-state index contributed by atoms with van der Waals surface area (Å²) in [7, 11) is 6.00. The zero-order chi connectivity index (χ0) is 13.8. The standard InChI is InChI=1S/C15H23NO2Se/c1-11(16(2)3)12-7-5-6-8-13(12)19-14-9-10-18-15(14)17-4/h5-8,11,14-15H,9-10H2,1-4H3/t11-,14?,15-/m1/s1. The molecule has 106 valence electrons. The van der Waals surface area contributed by atoms with Gasteiger partial charge < -0.3 is 0 Å². The molecule has 1 aromatic rings. The van der Waals surface area contributed by atoms with Crippen LogP contribution in [0.3, 0.4) is 0 Å². The molecule has 0 N–H and O–H groups in total. The van der Waals surface area contributed by atoms with Crippen molar-refractivity contribution in [3.63, 3.8) is 0 Å². The van der Waals surface area contributed by atoms with E-state index in [0.717, 1.165) is 13.0 Å². The van der Waals surface area contributed by atoms with Crippen molar-refractivity contribution in [2.45, 2.75) is 30.5 Å². The minimum atomic E-state index is -0.0114. The van der Waals surface area contributed by atoms with Gasteiger partial charge in [0, 0.05) is 0 Å². The van der Waals surface area contributed by atoms with Gasteiger partial charge in [0.25, 0.3) is 0 Å². The van der Waals surface area contributed by atoms with E-state index in [2.05, 4.69) is 50.2 Å². The molecule has 0 spiro atoms. The van der Waals surface area contributed by atoms with E-state index < -0.39 is 0 Å². The van der Waals surface area contributed by atoms with Crippen LogP contribution in [0.2, 0.25) is 4.82 Å². The Labute approximate surface area is 122 Å². The first-order valence-electron chi connectivity index (χ1n) is 6.70. The average Bonchev–Trinajstić information content (AvgIpc) is 2.85. The summed E-state index contributed by atoms with van der Waals surface area (Å²) >= 11 is 0.401. The molecule has 0 radical (unpaired) electrons. The Kier molecular flexibility index (Phi) is 5.43. The first kappa shape index (κ1) is 15.0. The van der Waals surface area contributed by atoms with Crippen molar-refractivity contribution >= 4 is 19.4 Å². The molecule has 1 heterocycles. The topological polar surface area (TPSA) is 21.7 Å². The number of benzene rings is 1. The van der Waals surface area contributed by atoms with Gasteiger partial charge in [-0.3, -0.25) is 0 Å². The van der Waals surface area contributed by atoms with E-state index in [1.54, 1.807) is 7.11 Å². The van der Waals surface area contributed by atoms with Crippen LogP contribution in [0.4, 0.5) is 0 Å². The summed E-state index contributed by atoms with van der Waals surface area (Å²) in [6, 6.07) is 9.23. The maximum absolute atomic E-state index is 5.62. The third-order valence-electron chi connectivity index (χ3n) is 3.64. The van der Waals surface area contributed by atoms with E-state index in [4.69, 9.17) is 9.47 Å². The van der Waals surface area contributed by atoms with Gasteiger partial charge in [-0.2, -0.15) is 0 Å². The molecular weight excluding hydrogens is 305 g/mol. The van der Waals surface area contributed by atoms with Crippen molar-refractivity contribution in [2.24, 2.45) is 0 Å². The maximum atomic E-state index is 5.62. The fourth-order valence-corrected chi connectivity index (χ4v) is 5.13. The molecule has 0 saturated carbocycles. The summed E-state index contributed by atoms with van der Waals surface area (Å²) in [5, 5.41) is 0. The van der Waals surface area contributed by atoms with Crippen LogP contribution in [0.15, 0.2) is 24.3 Å². The van der Waals surface area contributed by atoms with Crippen LogP contribution in [-0.2, 0) is 9.47 Å². The van der Waals surface area contributed by atoms with Crippen LogP contribution in [-0.4, -0.2) is 54.0 Å². The molecule has 1 aromatic carbocycles. The SMILES string of the molecule is CO[C@@H]1OCCC1[Se]c1ccccc1[C@@H](C)N(C)C. The van der Waals surface area contributed by atoms with E-state index in [9.17, 15) is 0 Å². The fraction of sp³-hybridized carbons (Fsp3) is 0.600. The molecule has 4 heteroatoms. The molecule has 0 bridgehead atoms. The van der Waals surface area contributed by atoms with Crippen LogP contribution in [0.5, 0.6) is 0 Å². The van der Waals surface area contributed by atoms with Crippen LogP contribution >= 0.6 is 0 Å². The third-order valence-corrected chi connectivity index (χ3v) is 6.55. The molecule has 1 unspecified atom stereocenters. The molecule has 19 heavy (non-hydrogen) atoms. The summed E-state index contributed by atoms with van der Waals surface area (Å²) in [4.78, 5) is 2.79. The van der Waals surface area contributed by atoms with Gasteiger partial charge in [-0.1, -0.05) is 0 Å². The van der Waals surface area contributed by atoms with Crippen molar-refractivity contribution in [3.8, 4) is 0 Å².